The fourth-order valence-electron chi connectivity index (χ4n) is 3.39. The summed E-state index contributed by atoms with van der Waals surface area (Å²) in [5, 5.41) is 0. The van der Waals surface area contributed by atoms with E-state index >= 15 is 0 Å². The van der Waals surface area contributed by atoms with Crippen molar-refractivity contribution in [3.05, 3.63) is 71.8 Å². The average molecular weight is 359 g/mol. The van der Waals surface area contributed by atoms with Crippen molar-refractivity contribution < 1.29 is 8.42 Å². The highest BCUT2D eigenvalue weighted by Gasteiger charge is 2.24. The van der Waals surface area contributed by atoms with Crippen LogP contribution in [0.5, 0.6) is 0 Å². The molecule has 1 atom stereocenters. The topological polar surface area (TPSA) is 49.4 Å². The minimum Gasteiger partial charge on any atom is -0.299 e. The third-order valence-corrected chi connectivity index (χ3v) is 6.03. The summed E-state index contributed by atoms with van der Waals surface area (Å²) in [6, 6.07) is 19.8. The molecule has 1 fully saturated rings. The Morgan fingerprint density at radius 2 is 1.44 bits per heavy atom. The van der Waals surface area contributed by atoms with Gasteiger partial charge in [-0.15, -0.1) is 0 Å². The van der Waals surface area contributed by atoms with Crippen LogP contribution in [-0.2, 0) is 22.2 Å². The predicted molar refractivity (Wildman–Crippen MR) is 102 cm³/mol. The number of hydrogen-bond donors (Lipinski definition) is 1. The summed E-state index contributed by atoms with van der Waals surface area (Å²) in [6.45, 7) is 2.57. The summed E-state index contributed by atoms with van der Waals surface area (Å²) in [6.07, 6.45) is 3.26. The number of nitrogens with one attached hydrogen (secondary N) is 1. The van der Waals surface area contributed by atoms with E-state index in [0.29, 0.717) is 6.54 Å². The van der Waals surface area contributed by atoms with Gasteiger partial charge in [0.15, 0.2) is 0 Å². The molecule has 25 heavy (non-hydrogen) atoms. The van der Waals surface area contributed by atoms with Gasteiger partial charge >= 0.3 is 0 Å². The molecule has 1 N–H and O–H groups in total. The molecule has 1 heterocycles. The highest BCUT2D eigenvalue weighted by Crippen LogP contribution is 2.16. The molecule has 0 aliphatic carbocycles. The summed E-state index contributed by atoms with van der Waals surface area (Å²) in [5.74, 6) is 0.0336. The lowest BCUT2D eigenvalue weighted by molar-refractivity contribution is 0.241. The van der Waals surface area contributed by atoms with Crippen LogP contribution in [0, 0.1) is 0 Å². The highest BCUT2D eigenvalue weighted by atomic mass is 32.2. The number of rotatable bonds is 8. The van der Waals surface area contributed by atoms with E-state index in [9.17, 15) is 8.42 Å². The summed E-state index contributed by atoms with van der Waals surface area (Å²) in [5.41, 5.74) is 2.07. The van der Waals surface area contributed by atoms with Crippen molar-refractivity contribution in [2.75, 3.05) is 19.6 Å². The number of sulfonamides is 1. The molecule has 5 heteroatoms. The van der Waals surface area contributed by atoms with Crippen molar-refractivity contribution in [3.63, 3.8) is 0 Å². The van der Waals surface area contributed by atoms with E-state index in [1.165, 1.54) is 18.4 Å². The molecule has 0 spiro atoms. The zero-order chi connectivity index (χ0) is 17.5. The summed E-state index contributed by atoms with van der Waals surface area (Å²) in [7, 11) is -3.33. The molecule has 1 unspecified atom stereocenters. The van der Waals surface area contributed by atoms with E-state index in [4.69, 9.17) is 0 Å². The first-order valence-electron chi connectivity index (χ1n) is 8.92. The highest BCUT2D eigenvalue weighted by molar-refractivity contribution is 7.88. The number of likely N-dealkylation sites (tertiary alicyclic amines) is 1. The molecular weight excluding hydrogens is 332 g/mol. The second kappa shape index (κ2) is 8.61. The maximum Gasteiger partial charge on any atom is 0.215 e. The zero-order valence-electron chi connectivity index (χ0n) is 14.5. The summed E-state index contributed by atoms with van der Waals surface area (Å²) >= 11 is 0. The van der Waals surface area contributed by atoms with Crippen molar-refractivity contribution in [3.8, 4) is 0 Å². The number of benzene rings is 2. The number of nitrogens with zero attached hydrogens (tertiary/aromatic N) is 1. The minimum absolute atomic E-state index is 0.0336. The Bertz CT molecular complexity index is 742. The third kappa shape index (κ3) is 5.66. The molecule has 1 aliphatic rings. The molecule has 4 nitrogen and oxygen atoms in total. The molecule has 3 rings (SSSR count). The zero-order valence-corrected chi connectivity index (χ0v) is 15.3. The SMILES string of the molecule is O=S(=O)(Cc1ccccc1)NCC(Cc1ccccc1)N1CCCC1. The van der Waals surface area contributed by atoms with Crippen LogP contribution in [0.1, 0.15) is 24.0 Å². The Morgan fingerprint density at radius 3 is 2.04 bits per heavy atom. The summed E-state index contributed by atoms with van der Waals surface area (Å²) in [4.78, 5) is 2.41. The monoisotopic (exact) mass is 358 g/mol. The van der Waals surface area contributed by atoms with Gasteiger partial charge in [-0.3, -0.25) is 4.90 Å². The first-order chi connectivity index (χ1) is 12.1. The number of hydrogen-bond acceptors (Lipinski definition) is 3. The molecule has 0 radical (unpaired) electrons. The van der Waals surface area contributed by atoms with E-state index < -0.39 is 10.0 Å². The minimum atomic E-state index is -3.33. The van der Waals surface area contributed by atoms with Gasteiger partial charge in [-0.2, -0.15) is 0 Å². The van der Waals surface area contributed by atoms with Gasteiger partial charge < -0.3 is 0 Å². The Balaban J connectivity index is 1.63. The van der Waals surface area contributed by atoms with E-state index in [-0.39, 0.29) is 11.8 Å². The van der Waals surface area contributed by atoms with Gasteiger partial charge in [-0.1, -0.05) is 60.7 Å². The lowest BCUT2D eigenvalue weighted by Crippen LogP contribution is -2.44. The first-order valence-corrected chi connectivity index (χ1v) is 10.6. The molecule has 2 aromatic rings. The molecular formula is C20H26N2O2S. The molecule has 134 valence electrons. The van der Waals surface area contributed by atoms with Crippen LogP contribution in [-0.4, -0.2) is 39.0 Å². The van der Waals surface area contributed by atoms with E-state index in [2.05, 4.69) is 21.8 Å². The Labute approximate surface area is 150 Å². The maximum atomic E-state index is 12.4. The van der Waals surface area contributed by atoms with Crippen LogP contribution in [0.4, 0.5) is 0 Å². The van der Waals surface area contributed by atoms with Crippen LogP contribution >= 0.6 is 0 Å². The smallest absolute Gasteiger partial charge is 0.215 e. The van der Waals surface area contributed by atoms with Crippen molar-refractivity contribution in [2.24, 2.45) is 0 Å². The van der Waals surface area contributed by atoms with Crippen molar-refractivity contribution in [2.45, 2.75) is 31.1 Å². The van der Waals surface area contributed by atoms with Crippen LogP contribution in [0.2, 0.25) is 0 Å². The van der Waals surface area contributed by atoms with Gasteiger partial charge in [0.1, 0.15) is 0 Å². The molecule has 0 saturated carbocycles. The van der Waals surface area contributed by atoms with Crippen molar-refractivity contribution in [1.29, 1.82) is 0 Å². The average Bonchev–Trinajstić information content (AvgIpc) is 3.14. The van der Waals surface area contributed by atoms with Gasteiger partial charge in [0.25, 0.3) is 0 Å². The third-order valence-electron chi connectivity index (χ3n) is 4.71. The molecule has 0 aromatic heterocycles. The van der Waals surface area contributed by atoms with E-state index in [1.807, 2.05) is 48.5 Å². The Hall–Kier alpha value is -1.69. The Kier molecular flexibility index (Phi) is 6.24. The normalized spacial score (nSPS) is 16.8. The fraction of sp³-hybridized carbons (Fsp3) is 0.400. The maximum absolute atomic E-state index is 12.4. The van der Waals surface area contributed by atoms with Crippen LogP contribution in [0.25, 0.3) is 0 Å². The first kappa shape index (κ1) is 18.1. The second-order valence-corrected chi connectivity index (χ2v) is 8.49. The molecule has 2 aromatic carbocycles. The van der Waals surface area contributed by atoms with Crippen molar-refractivity contribution in [1.82, 2.24) is 9.62 Å². The molecule has 0 amide bonds. The largest absolute Gasteiger partial charge is 0.299 e. The van der Waals surface area contributed by atoms with Crippen LogP contribution in [0.3, 0.4) is 0 Å². The van der Waals surface area contributed by atoms with E-state index in [1.54, 1.807) is 0 Å². The van der Waals surface area contributed by atoms with Crippen LogP contribution in [0.15, 0.2) is 60.7 Å². The van der Waals surface area contributed by atoms with Gasteiger partial charge in [0.05, 0.1) is 5.75 Å². The standard InChI is InChI=1S/C20H26N2O2S/c23-25(24,17-19-11-5-2-6-12-19)21-16-20(22-13-7-8-14-22)15-18-9-3-1-4-10-18/h1-6,9-12,20-21H,7-8,13-17H2. The fourth-order valence-corrected chi connectivity index (χ4v) is 4.57. The quantitative estimate of drug-likeness (QED) is 0.789. The molecule has 0 bridgehead atoms. The van der Waals surface area contributed by atoms with Crippen molar-refractivity contribution >= 4 is 10.0 Å². The second-order valence-electron chi connectivity index (χ2n) is 6.68. The van der Waals surface area contributed by atoms with Gasteiger partial charge in [0.2, 0.25) is 10.0 Å². The molecule has 1 saturated heterocycles. The summed E-state index contributed by atoms with van der Waals surface area (Å²) < 4.78 is 27.7. The Morgan fingerprint density at radius 1 is 0.880 bits per heavy atom. The lowest BCUT2D eigenvalue weighted by atomic mass is 10.1. The predicted octanol–water partition coefficient (Wildman–Crippen LogP) is 2.81. The van der Waals surface area contributed by atoms with Crippen LogP contribution < -0.4 is 4.72 Å². The van der Waals surface area contributed by atoms with Gasteiger partial charge in [0, 0.05) is 12.6 Å². The van der Waals surface area contributed by atoms with E-state index in [0.717, 1.165) is 25.1 Å². The van der Waals surface area contributed by atoms with Gasteiger partial charge in [-0.25, -0.2) is 13.1 Å². The van der Waals surface area contributed by atoms with Gasteiger partial charge in [-0.05, 0) is 43.5 Å². The molecule has 1 aliphatic heterocycles. The lowest BCUT2D eigenvalue weighted by Gasteiger charge is -2.28.